The lowest BCUT2D eigenvalue weighted by Crippen LogP contribution is -2.15. The average molecular weight is 402 g/mol. The van der Waals surface area contributed by atoms with Crippen molar-refractivity contribution in [2.45, 2.75) is 40.0 Å². The summed E-state index contributed by atoms with van der Waals surface area (Å²) in [5.74, 6) is 0.475. The lowest BCUT2D eigenvalue weighted by molar-refractivity contribution is -0.116. The van der Waals surface area contributed by atoms with Gasteiger partial charge in [-0.2, -0.15) is 0 Å². The normalized spacial score (nSPS) is 10.5. The first-order valence-corrected chi connectivity index (χ1v) is 10.0. The molecule has 0 bridgehead atoms. The highest BCUT2D eigenvalue weighted by Gasteiger charge is 2.12. The molecule has 0 unspecified atom stereocenters. The molecule has 0 saturated carbocycles. The summed E-state index contributed by atoms with van der Waals surface area (Å²) in [5.41, 5.74) is 5.18. The van der Waals surface area contributed by atoms with Crippen molar-refractivity contribution in [2.24, 2.45) is 0 Å². The van der Waals surface area contributed by atoms with Crippen molar-refractivity contribution in [1.82, 2.24) is 9.97 Å². The highest BCUT2D eigenvalue weighted by molar-refractivity contribution is 6.00. The number of rotatable bonds is 8. The second kappa shape index (κ2) is 9.78. The second-order valence-corrected chi connectivity index (χ2v) is 7.23. The SMILES string of the molecule is CCc1ccc(Nc2cc(C)ncn2)cc1NC(=O)CCC(=O)c1ccc(C)cc1. The van der Waals surface area contributed by atoms with Gasteiger partial charge >= 0.3 is 0 Å². The number of Topliss-reactive ketones (excluding diaryl/α,β-unsaturated/α-hetero) is 1. The van der Waals surface area contributed by atoms with Crippen molar-refractivity contribution in [3.8, 4) is 0 Å². The van der Waals surface area contributed by atoms with Gasteiger partial charge in [-0.15, -0.1) is 0 Å². The van der Waals surface area contributed by atoms with Crippen LogP contribution in [0.2, 0.25) is 0 Å². The quantitative estimate of drug-likeness (QED) is 0.518. The van der Waals surface area contributed by atoms with Gasteiger partial charge in [-0.25, -0.2) is 9.97 Å². The molecule has 0 radical (unpaired) electrons. The number of benzene rings is 2. The fourth-order valence-corrected chi connectivity index (χ4v) is 3.07. The fraction of sp³-hybridized carbons (Fsp3) is 0.250. The number of ketones is 1. The Hall–Kier alpha value is -3.54. The van der Waals surface area contributed by atoms with Gasteiger partial charge in [0.25, 0.3) is 0 Å². The van der Waals surface area contributed by atoms with Crippen LogP contribution in [0.5, 0.6) is 0 Å². The number of aryl methyl sites for hydroxylation is 3. The minimum atomic E-state index is -0.180. The van der Waals surface area contributed by atoms with E-state index in [0.29, 0.717) is 11.4 Å². The van der Waals surface area contributed by atoms with Crippen LogP contribution in [-0.2, 0) is 11.2 Å². The zero-order chi connectivity index (χ0) is 21.5. The first-order chi connectivity index (χ1) is 14.4. The van der Waals surface area contributed by atoms with Crippen LogP contribution in [-0.4, -0.2) is 21.7 Å². The van der Waals surface area contributed by atoms with E-state index in [1.54, 1.807) is 12.1 Å². The van der Waals surface area contributed by atoms with Crippen molar-refractivity contribution in [2.75, 3.05) is 10.6 Å². The van der Waals surface area contributed by atoms with Crippen LogP contribution in [0.4, 0.5) is 17.2 Å². The summed E-state index contributed by atoms with van der Waals surface area (Å²) in [7, 11) is 0. The number of aromatic nitrogens is 2. The molecule has 0 spiro atoms. The Morgan fingerprint density at radius 1 is 0.933 bits per heavy atom. The molecular weight excluding hydrogens is 376 g/mol. The third-order valence-electron chi connectivity index (χ3n) is 4.79. The van der Waals surface area contributed by atoms with E-state index >= 15 is 0 Å². The molecule has 30 heavy (non-hydrogen) atoms. The van der Waals surface area contributed by atoms with E-state index in [1.807, 2.05) is 57.2 Å². The summed E-state index contributed by atoms with van der Waals surface area (Å²) in [6, 6.07) is 15.1. The maximum absolute atomic E-state index is 12.5. The van der Waals surface area contributed by atoms with Gasteiger partial charge < -0.3 is 10.6 Å². The molecule has 6 nitrogen and oxygen atoms in total. The van der Waals surface area contributed by atoms with Crippen LogP contribution in [0.3, 0.4) is 0 Å². The molecule has 3 rings (SSSR count). The highest BCUT2D eigenvalue weighted by Crippen LogP contribution is 2.24. The van der Waals surface area contributed by atoms with E-state index in [-0.39, 0.29) is 24.5 Å². The molecule has 2 aromatic carbocycles. The van der Waals surface area contributed by atoms with Gasteiger partial charge in [-0.3, -0.25) is 9.59 Å². The van der Waals surface area contributed by atoms with E-state index in [9.17, 15) is 9.59 Å². The molecule has 1 amide bonds. The monoisotopic (exact) mass is 402 g/mol. The molecule has 1 aromatic heterocycles. The van der Waals surface area contributed by atoms with Crippen LogP contribution in [0.1, 0.15) is 46.9 Å². The van der Waals surface area contributed by atoms with Gasteiger partial charge in [0.15, 0.2) is 5.78 Å². The Morgan fingerprint density at radius 3 is 2.40 bits per heavy atom. The molecule has 3 aromatic rings. The average Bonchev–Trinajstić information content (AvgIpc) is 2.73. The topological polar surface area (TPSA) is 84.0 Å². The first-order valence-electron chi connectivity index (χ1n) is 10.0. The maximum Gasteiger partial charge on any atom is 0.224 e. The van der Waals surface area contributed by atoms with Crippen molar-refractivity contribution in [3.63, 3.8) is 0 Å². The second-order valence-electron chi connectivity index (χ2n) is 7.23. The number of carbonyl (C=O) groups excluding carboxylic acids is 2. The third kappa shape index (κ3) is 5.73. The molecule has 0 aliphatic carbocycles. The Labute approximate surface area is 176 Å². The zero-order valence-corrected chi connectivity index (χ0v) is 17.5. The third-order valence-corrected chi connectivity index (χ3v) is 4.79. The van der Waals surface area contributed by atoms with Crippen molar-refractivity contribution in [3.05, 3.63) is 77.2 Å². The standard InChI is InChI=1S/C24H26N4O2/c1-4-18-9-10-20(27-23-13-17(3)25-15-26-23)14-21(18)28-24(30)12-11-22(29)19-7-5-16(2)6-8-19/h5-10,13-15H,4,11-12H2,1-3H3,(H,28,30)(H,25,26,27). The maximum atomic E-state index is 12.5. The Kier molecular flexibility index (Phi) is 6.91. The predicted octanol–water partition coefficient (Wildman–Crippen LogP) is 5.00. The minimum Gasteiger partial charge on any atom is -0.340 e. The van der Waals surface area contributed by atoms with Crippen LogP contribution in [0, 0.1) is 13.8 Å². The van der Waals surface area contributed by atoms with Gasteiger partial charge in [0.1, 0.15) is 12.1 Å². The van der Waals surface area contributed by atoms with Crippen molar-refractivity contribution in [1.29, 1.82) is 0 Å². The zero-order valence-electron chi connectivity index (χ0n) is 17.5. The summed E-state index contributed by atoms with van der Waals surface area (Å²) >= 11 is 0. The molecule has 0 aliphatic heterocycles. The molecule has 1 heterocycles. The minimum absolute atomic E-state index is 0.0320. The summed E-state index contributed by atoms with van der Waals surface area (Å²) in [6.07, 6.45) is 2.60. The van der Waals surface area contributed by atoms with Gasteiger partial charge in [-0.1, -0.05) is 42.8 Å². The highest BCUT2D eigenvalue weighted by atomic mass is 16.2. The number of amides is 1. The first kappa shape index (κ1) is 21.2. The number of carbonyl (C=O) groups is 2. The van der Waals surface area contributed by atoms with Crippen LogP contribution >= 0.6 is 0 Å². The summed E-state index contributed by atoms with van der Waals surface area (Å²) in [5, 5.41) is 6.18. The fourth-order valence-electron chi connectivity index (χ4n) is 3.07. The number of hydrogen-bond donors (Lipinski definition) is 2. The van der Waals surface area contributed by atoms with Crippen LogP contribution in [0.25, 0.3) is 0 Å². The largest absolute Gasteiger partial charge is 0.340 e. The van der Waals surface area contributed by atoms with Gasteiger partial charge in [0, 0.05) is 41.5 Å². The van der Waals surface area contributed by atoms with E-state index in [2.05, 4.69) is 20.6 Å². The molecule has 0 saturated heterocycles. The lowest BCUT2D eigenvalue weighted by Gasteiger charge is -2.13. The van der Waals surface area contributed by atoms with E-state index in [1.165, 1.54) is 6.33 Å². The summed E-state index contributed by atoms with van der Waals surface area (Å²) in [4.78, 5) is 33.1. The van der Waals surface area contributed by atoms with Crippen LogP contribution in [0.15, 0.2) is 54.9 Å². The van der Waals surface area contributed by atoms with Crippen molar-refractivity contribution >= 4 is 28.9 Å². The number of hydrogen-bond acceptors (Lipinski definition) is 5. The Bertz CT molecular complexity index is 1050. The molecule has 6 heteroatoms. The molecule has 154 valence electrons. The van der Waals surface area contributed by atoms with Gasteiger partial charge in [-0.05, 0) is 38.0 Å². The Balaban J connectivity index is 1.64. The van der Waals surface area contributed by atoms with Gasteiger partial charge in [0.2, 0.25) is 5.91 Å². The molecule has 0 aliphatic rings. The predicted molar refractivity (Wildman–Crippen MR) is 119 cm³/mol. The molecule has 2 N–H and O–H groups in total. The molecule has 0 fully saturated rings. The Morgan fingerprint density at radius 2 is 1.70 bits per heavy atom. The molecular formula is C24H26N4O2. The van der Waals surface area contributed by atoms with E-state index in [0.717, 1.165) is 34.6 Å². The number of anilines is 3. The van der Waals surface area contributed by atoms with E-state index in [4.69, 9.17) is 0 Å². The molecule has 0 atom stereocenters. The summed E-state index contributed by atoms with van der Waals surface area (Å²) in [6.45, 7) is 5.91. The number of nitrogens with zero attached hydrogens (tertiary/aromatic N) is 2. The summed E-state index contributed by atoms with van der Waals surface area (Å²) < 4.78 is 0. The van der Waals surface area contributed by atoms with Crippen molar-refractivity contribution < 1.29 is 9.59 Å². The van der Waals surface area contributed by atoms with E-state index < -0.39 is 0 Å². The smallest absolute Gasteiger partial charge is 0.224 e. The van der Waals surface area contributed by atoms with Crippen LogP contribution < -0.4 is 10.6 Å². The lowest BCUT2D eigenvalue weighted by atomic mass is 10.0. The number of nitrogens with one attached hydrogen (secondary N) is 2. The van der Waals surface area contributed by atoms with Gasteiger partial charge in [0.05, 0.1) is 0 Å².